The second-order valence-corrected chi connectivity index (χ2v) is 6.02. The molecule has 1 aromatic carbocycles. The molecule has 1 unspecified atom stereocenters. The molecule has 0 saturated carbocycles. The quantitative estimate of drug-likeness (QED) is 0.649. The summed E-state index contributed by atoms with van der Waals surface area (Å²) in [5, 5.41) is 11.5. The van der Waals surface area contributed by atoms with E-state index in [-0.39, 0.29) is 18.2 Å². The molecule has 0 aliphatic carbocycles. The first-order valence-electron chi connectivity index (χ1n) is 8.04. The third kappa shape index (κ3) is 7.25. The van der Waals surface area contributed by atoms with Crippen molar-refractivity contribution in [2.75, 3.05) is 6.54 Å². The largest absolute Gasteiger partial charge is 0.481 e. The van der Waals surface area contributed by atoms with Gasteiger partial charge >= 0.3 is 5.97 Å². The third-order valence-corrected chi connectivity index (χ3v) is 3.83. The Morgan fingerprint density at radius 1 is 1.09 bits per heavy atom. The fourth-order valence-electron chi connectivity index (χ4n) is 2.52. The Labute approximate surface area is 132 Å². The van der Waals surface area contributed by atoms with Crippen LogP contribution in [-0.4, -0.2) is 23.5 Å². The zero-order chi connectivity index (χ0) is 16.4. The van der Waals surface area contributed by atoms with E-state index in [4.69, 9.17) is 5.11 Å². The Morgan fingerprint density at radius 3 is 2.36 bits per heavy atom. The smallest absolute Gasteiger partial charge is 0.303 e. The topological polar surface area (TPSA) is 66.4 Å². The van der Waals surface area contributed by atoms with Crippen LogP contribution in [0.1, 0.15) is 57.4 Å². The number of carbonyl (C=O) groups is 2. The molecule has 0 heterocycles. The molecule has 1 amide bonds. The van der Waals surface area contributed by atoms with E-state index in [1.165, 1.54) is 5.56 Å². The Kier molecular flexibility index (Phi) is 8.26. The van der Waals surface area contributed by atoms with E-state index in [2.05, 4.69) is 31.3 Å². The van der Waals surface area contributed by atoms with Crippen molar-refractivity contribution >= 4 is 11.9 Å². The van der Waals surface area contributed by atoms with E-state index >= 15 is 0 Å². The van der Waals surface area contributed by atoms with E-state index in [0.717, 1.165) is 12.8 Å². The summed E-state index contributed by atoms with van der Waals surface area (Å²) >= 11 is 0. The zero-order valence-corrected chi connectivity index (χ0v) is 13.5. The highest BCUT2D eigenvalue weighted by Crippen LogP contribution is 2.27. The van der Waals surface area contributed by atoms with Gasteiger partial charge in [0.2, 0.25) is 5.91 Å². The standard InChI is InChI=1S/C18H27NO3/c1-14(2)16(15-9-5-3-6-10-15)13-17(20)19-12-8-4-7-11-18(21)22/h3,5-6,9-10,14,16H,4,7-8,11-13H2,1-2H3,(H,19,20)(H,21,22). The van der Waals surface area contributed by atoms with E-state index in [1.54, 1.807) is 0 Å². The molecular formula is C18H27NO3. The minimum atomic E-state index is -0.758. The van der Waals surface area contributed by atoms with Gasteiger partial charge in [0.15, 0.2) is 0 Å². The van der Waals surface area contributed by atoms with Gasteiger partial charge < -0.3 is 10.4 Å². The molecule has 0 saturated heterocycles. The number of carbonyl (C=O) groups excluding carboxylic acids is 1. The maximum Gasteiger partial charge on any atom is 0.303 e. The summed E-state index contributed by atoms with van der Waals surface area (Å²) in [7, 11) is 0. The van der Waals surface area contributed by atoms with Crippen LogP contribution in [0.3, 0.4) is 0 Å². The fourth-order valence-corrected chi connectivity index (χ4v) is 2.52. The van der Waals surface area contributed by atoms with Crippen molar-refractivity contribution < 1.29 is 14.7 Å². The molecule has 1 atom stereocenters. The lowest BCUT2D eigenvalue weighted by Gasteiger charge is -2.21. The van der Waals surface area contributed by atoms with Crippen molar-refractivity contribution in [2.45, 2.75) is 51.9 Å². The van der Waals surface area contributed by atoms with E-state index < -0.39 is 5.97 Å². The summed E-state index contributed by atoms with van der Waals surface area (Å²) in [5.41, 5.74) is 1.20. The molecule has 0 aliphatic rings. The van der Waals surface area contributed by atoms with E-state index in [9.17, 15) is 9.59 Å². The van der Waals surface area contributed by atoms with Crippen molar-refractivity contribution in [1.29, 1.82) is 0 Å². The lowest BCUT2D eigenvalue weighted by Crippen LogP contribution is -2.27. The van der Waals surface area contributed by atoms with Crippen LogP contribution in [0, 0.1) is 5.92 Å². The van der Waals surface area contributed by atoms with Gasteiger partial charge in [0.05, 0.1) is 0 Å². The van der Waals surface area contributed by atoms with Crippen LogP contribution < -0.4 is 5.32 Å². The number of hydrogen-bond donors (Lipinski definition) is 2. The molecule has 22 heavy (non-hydrogen) atoms. The van der Waals surface area contributed by atoms with E-state index in [0.29, 0.717) is 25.3 Å². The van der Waals surface area contributed by atoms with Gasteiger partial charge in [-0.15, -0.1) is 0 Å². The summed E-state index contributed by atoms with van der Waals surface area (Å²) in [4.78, 5) is 22.5. The summed E-state index contributed by atoms with van der Waals surface area (Å²) in [6.07, 6.45) is 3.04. The third-order valence-electron chi connectivity index (χ3n) is 3.83. The number of rotatable bonds is 10. The van der Waals surface area contributed by atoms with Gasteiger partial charge in [-0.1, -0.05) is 50.6 Å². The summed E-state index contributed by atoms with van der Waals surface area (Å²) in [6, 6.07) is 10.1. The number of unbranched alkanes of at least 4 members (excludes halogenated alkanes) is 2. The number of hydrogen-bond acceptors (Lipinski definition) is 2. The molecule has 1 aromatic rings. The van der Waals surface area contributed by atoms with Gasteiger partial charge in [0.1, 0.15) is 0 Å². The molecule has 0 aromatic heterocycles. The maximum absolute atomic E-state index is 12.1. The molecule has 0 aliphatic heterocycles. The first-order valence-corrected chi connectivity index (χ1v) is 8.04. The van der Waals surface area contributed by atoms with Gasteiger partial charge in [-0.3, -0.25) is 9.59 Å². The van der Waals surface area contributed by atoms with Crippen LogP contribution in [-0.2, 0) is 9.59 Å². The molecule has 0 fully saturated rings. The molecule has 4 heteroatoms. The number of carboxylic acids is 1. The average Bonchev–Trinajstić information content (AvgIpc) is 2.48. The number of aliphatic carboxylic acids is 1. The van der Waals surface area contributed by atoms with Gasteiger partial charge in [-0.05, 0) is 30.2 Å². The monoisotopic (exact) mass is 305 g/mol. The zero-order valence-electron chi connectivity index (χ0n) is 13.5. The predicted molar refractivity (Wildman–Crippen MR) is 87.8 cm³/mol. The van der Waals surface area contributed by atoms with Crippen LogP contribution in [0.5, 0.6) is 0 Å². The lowest BCUT2D eigenvalue weighted by molar-refractivity contribution is -0.137. The first kappa shape index (κ1) is 18.2. The predicted octanol–water partition coefficient (Wildman–Crippen LogP) is 3.58. The fraction of sp³-hybridized carbons (Fsp3) is 0.556. The van der Waals surface area contributed by atoms with Crippen molar-refractivity contribution in [1.82, 2.24) is 5.32 Å². The van der Waals surface area contributed by atoms with Crippen LogP contribution in [0.25, 0.3) is 0 Å². The molecule has 2 N–H and O–H groups in total. The van der Waals surface area contributed by atoms with Crippen LogP contribution >= 0.6 is 0 Å². The van der Waals surface area contributed by atoms with Crippen molar-refractivity contribution in [3.05, 3.63) is 35.9 Å². The number of nitrogens with one attached hydrogen (secondary N) is 1. The Morgan fingerprint density at radius 2 is 1.77 bits per heavy atom. The van der Waals surface area contributed by atoms with Gasteiger partial charge in [-0.25, -0.2) is 0 Å². The highest BCUT2D eigenvalue weighted by atomic mass is 16.4. The normalized spacial score (nSPS) is 12.1. The lowest BCUT2D eigenvalue weighted by atomic mass is 9.85. The highest BCUT2D eigenvalue weighted by molar-refractivity contribution is 5.76. The van der Waals surface area contributed by atoms with Crippen LogP contribution in [0.2, 0.25) is 0 Å². The molecule has 1 rings (SSSR count). The summed E-state index contributed by atoms with van der Waals surface area (Å²) in [5.74, 6) is -0.0515. The van der Waals surface area contributed by atoms with Crippen molar-refractivity contribution in [3.63, 3.8) is 0 Å². The first-order chi connectivity index (χ1) is 10.5. The molecule has 0 bridgehead atoms. The van der Waals surface area contributed by atoms with Crippen molar-refractivity contribution in [3.8, 4) is 0 Å². The molecule has 4 nitrogen and oxygen atoms in total. The SMILES string of the molecule is CC(C)C(CC(=O)NCCCCCC(=O)O)c1ccccc1. The highest BCUT2D eigenvalue weighted by Gasteiger charge is 2.19. The van der Waals surface area contributed by atoms with Gasteiger partial charge in [0, 0.05) is 19.4 Å². The second-order valence-electron chi connectivity index (χ2n) is 6.02. The summed E-state index contributed by atoms with van der Waals surface area (Å²) < 4.78 is 0. The molecule has 0 radical (unpaired) electrons. The molecule has 122 valence electrons. The van der Waals surface area contributed by atoms with Crippen LogP contribution in [0.15, 0.2) is 30.3 Å². The van der Waals surface area contributed by atoms with Gasteiger partial charge in [0.25, 0.3) is 0 Å². The minimum absolute atomic E-state index is 0.0702. The summed E-state index contributed by atoms with van der Waals surface area (Å²) in [6.45, 7) is 4.89. The van der Waals surface area contributed by atoms with Gasteiger partial charge in [-0.2, -0.15) is 0 Å². The molecular weight excluding hydrogens is 278 g/mol. The number of amides is 1. The number of benzene rings is 1. The van der Waals surface area contributed by atoms with Crippen molar-refractivity contribution in [2.24, 2.45) is 5.92 Å². The Hall–Kier alpha value is -1.84. The van der Waals surface area contributed by atoms with E-state index in [1.807, 2.05) is 18.2 Å². The second kappa shape index (κ2) is 9.98. The Bertz CT molecular complexity index is 457. The van der Waals surface area contributed by atoms with Crippen LogP contribution in [0.4, 0.5) is 0 Å². The minimum Gasteiger partial charge on any atom is -0.481 e. The number of carboxylic acid groups (broad SMARTS) is 1. The average molecular weight is 305 g/mol. The molecule has 0 spiro atoms. The Balaban J connectivity index is 2.31. The maximum atomic E-state index is 12.1.